The molecule has 1 aliphatic heterocycles. The molecule has 0 unspecified atom stereocenters. The Morgan fingerprint density at radius 2 is 1.66 bits per heavy atom. The number of carbonyl (C=O) groups is 1. The van der Waals surface area contributed by atoms with E-state index in [0.717, 1.165) is 0 Å². The molecule has 1 aliphatic rings. The van der Waals surface area contributed by atoms with Gasteiger partial charge in [0.2, 0.25) is 0 Å². The molecule has 1 N–H and O–H groups in total. The first-order chi connectivity index (χ1) is 13.9. The van der Waals surface area contributed by atoms with Crippen LogP contribution in [0.4, 0.5) is 11.4 Å². The highest BCUT2D eigenvalue weighted by atomic mass is 35.5. The van der Waals surface area contributed by atoms with Gasteiger partial charge >= 0.3 is 0 Å². The van der Waals surface area contributed by atoms with Crippen molar-refractivity contribution in [2.75, 3.05) is 16.2 Å². The van der Waals surface area contributed by atoms with Crippen LogP contribution < -0.4 is 14.4 Å². The molecule has 8 heteroatoms. The minimum absolute atomic E-state index is 0.120. The Hall–Kier alpha value is -3.03. The number of nitrogens with zero attached hydrogens (tertiary/aromatic N) is 1. The zero-order chi connectivity index (χ0) is 20.4. The number of halogens is 1. The maximum Gasteiger partial charge on any atom is 0.267 e. The molecular formula is C21H17ClN2O4S. The van der Waals surface area contributed by atoms with Gasteiger partial charge in [0.05, 0.1) is 17.1 Å². The van der Waals surface area contributed by atoms with Crippen LogP contribution in [0.15, 0.2) is 83.8 Å². The summed E-state index contributed by atoms with van der Waals surface area (Å²) in [4.78, 5) is 12.9. The number of carbonyl (C=O) groups excluding carboxylic acids is 1. The molecule has 0 bridgehead atoms. The summed E-state index contributed by atoms with van der Waals surface area (Å²) < 4.78 is 33.5. The van der Waals surface area contributed by atoms with Crippen molar-refractivity contribution in [2.24, 2.45) is 0 Å². The highest BCUT2D eigenvalue weighted by Gasteiger charge is 2.37. The third kappa shape index (κ3) is 3.92. The van der Waals surface area contributed by atoms with E-state index < -0.39 is 22.0 Å². The van der Waals surface area contributed by atoms with Crippen LogP contribution in [0.3, 0.4) is 0 Å². The Kier molecular flexibility index (Phi) is 5.17. The van der Waals surface area contributed by atoms with Gasteiger partial charge in [-0.3, -0.25) is 9.10 Å². The van der Waals surface area contributed by atoms with Crippen LogP contribution in [0, 0.1) is 0 Å². The van der Waals surface area contributed by atoms with E-state index in [4.69, 9.17) is 16.3 Å². The first kappa shape index (κ1) is 19.3. The van der Waals surface area contributed by atoms with Crippen LogP contribution in [-0.2, 0) is 14.8 Å². The van der Waals surface area contributed by atoms with Gasteiger partial charge in [-0.15, -0.1) is 0 Å². The van der Waals surface area contributed by atoms with Gasteiger partial charge in [0.25, 0.3) is 15.9 Å². The number of hydrogen-bond donors (Lipinski definition) is 1. The maximum atomic E-state index is 13.3. The van der Waals surface area contributed by atoms with E-state index in [0.29, 0.717) is 16.4 Å². The van der Waals surface area contributed by atoms with Gasteiger partial charge in [0.15, 0.2) is 6.10 Å². The van der Waals surface area contributed by atoms with Gasteiger partial charge in [-0.05, 0) is 42.5 Å². The molecule has 0 saturated carbocycles. The second-order valence-corrected chi connectivity index (χ2v) is 8.72. The van der Waals surface area contributed by atoms with Gasteiger partial charge in [-0.2, -0.15) is 0 Å². The van der Waals surface area contributed by atoms with Gasteiger partial charge in [0.1, 0.15) is 5.75 Å². The minimum Gasteiger partial charge on any atom is -0.476 e. The molecule has 1 amide bonds. The number of anilines is 2. The first-order valence-electron chi connectivity index (χ1n) is 8.85. The van der Waals surface area contributed by atoms with Crippen LogP contribution in [0.1, 0.15) is 0 Å². The fourth-order valence-corrected chi connectivity index (χ4v) is 4.71. The predicted molar refractivity (Wildman–Crippen MR) is 112 cm³/mol. The van der Waals surface area contributed by atoms with Crippen LogP contribution in [-0.4, -0.2) is 27.0 Å². The smallest absolute Gasteiger partial charge is 0.267 e. The summed E-state index contributed by atoms with van der Waals surface area (Å²) in [6.45, 7) is -0.177. The predicted octanol–water partition coefficient (Wildman–Crippen LogP) is 3.94. The molecule has 3 aromatic carbocycles. The standard InChI is InChI=1S/C21H17ClN2O4S/c22-15-11-12-19-18(13-15)24(29(26,27)17-9-5-2-6-10-17)14-20(28-19)21(25)23-16-7-3-1-4-8-16/h1-13,20H,14H2,(H,23,25)/t20-/m1/s1. The van der Waals surface area contributed by atoms with Crippen molar-refractivity contribution in [1.82, 2.24) is 0 Å². The van der Waals surface area contributed by atoms with Crippen LogP contribution in [0.5, 0.6) is 5.75 Å². The Balaban J connectivity index is 1.71. The molecule has 0 aromatic heterocycles. The SMILES string of the molecule is O=C(Nc1ccccc1)[C@H]1CN(S(=O)(=O)c2ccccc2)c2cc(Cl)ccc2O1. The number of amides is 1. The fraction of sp³-hybridized carbons (Fsp3) is 0.0952. The number of benzene rings is 3. The summed E-state index contributed by atoms with van der Waals surface area (Å²) in [6, 6.07) is 21.6. The summed E-state index contributed by atoms with van der Waals surface area (Å²) in [5.41, 5.74) is 0.894. The van der Waals surface area contributed by atoms with Crippen molar-refractivity contribution in [2.45, 2.75) is 11.0 Å². The molecule has 29 heavy (non-hydrogen) atoms. The molecule has 4 rings (SSSR count). The second-order valence-electron chi connectivity index (χ2n) is 6.42. The van der Waals surface area contributed by atoms with E-state index in [1.165, 1.54) is 22.5 Å². The molecule has 6 nitrogen and oxygen atoms in total. The molecule has 0 fully saturated rings. The quantitative estimate of drug-likeness (QED) is 0.683. The van der Waals surface area contributed by atoms with Gasteiger partial charge < -0.3 is 10.1 Å². The lowest BCUT2D eigenvalue weighted by Gasteiger charge is -2.34. The van der Waals surface area contributed by atoms with E-state index in [-0.39, 0.29) is 17.2 Å². The molecule has 148 valence electrons. The monoisotopic (exact) mass is 428 g/mol. The highest BCUT2D eigenvalue weighted by molar-refractivity contribution is 7.92. The maximum absolute atomic E-state index is 13.3. The summed E-state index contributed by atoms with van der Waals surface area (Å²) >= 11 is 6.09. The van der Waals surface area contributed by atoms with Crippen LogP contribution >= 0.6 is 11.6 Å². The lowest BCUT2D eigenvalue weighted by Crippen LogP contribution is -2.48. The fourth-order valence-electron chi connectivity index (χ4n) is 3.05. The molecule has 0 aliphatic carbocycles. The number of fused-ring (bicyclic) bond motifs is 1. The van der Waals surface area contributed by atoms with Crippen LogP contribution in [0.2, 0.25) is 5.02 Å². The molecule has 0 radical (unpaired) electrons. The van der Waals surface area contributed by atoms with Crippen molar-refractivity contribution >= 4 is 38.9 Å². The summed E-state index contributed by atoms with van der Waals surface area (Å²) in [6.07, 6.45) is -1.03. The molecule has 1 heterocycles. The van der Waals surface area contributed by atoms with Crippen molar-refractivity contribution in [3.63, 3.8) is 0 Å². The Morgan fingerprint density at radius 1 is 1.00 bits per heavy atom. The average Bonchev–Trinajstić information content (AvgIpc) is 2.74. The largest absolute Gasteiger partial charge is 0.476 e. The number of nitrogens with one attached hydrogen (secondary N) is 1. The minimum atomic E-state index is -3.92. The molecule has 1 atom stereocenters. The van der Waals surface area contributed by atoms with E-state index in [2.05, 4.69) is 5.32 Å². The summed E-state index contributed by atoms with van der Waals surface area (Å²) in [7, 11) is -3.92. The summed E-state index contributed by atoms with van der Waals surface area (Å²) in [5.74, 6) is -0.168. The van der Waals surface area contributed by atoms with E-state index in [1.54, 1.807) is 54.6 Å². The Labute approximate surface area is 173 Å². The van der Waals surface area contributed by atoms with Crippen molar-refractivity contribution in [3.05, 3.63) is 83.9 Å². The summed E-state index contributed by atoms with van der Waals surface area (Å²) in [5, 5.41) is 3.12. The van der Waals surface area contributed by atoms with E-state index >= 15 is 0 Å². The third-order valence-corrected chi connectivity index (χ3v) is 6.48. The second kappa shape index (κ2) is 7.77. The molecule has 3 aromatic rings. The first-order valence-corrected chi connectivity index (χ1v) is 10.7. The average molecular weight is 429 g/mol. The zero-order valence-electron chi connectivity index (χ0n) is 15.2. The van der Waals surface area contributed by atoms with Gasteiger partial charge in [0, 0.05) is 10.7 Å². The number of sulfonamides is 1. The molecule has 0 spiro atoms. The molecule has 0 saturated heterocycles. The number of para-hydroxylation sites is 1. The van der Waals surface area contributed by atoms with Gasteiger partial charge in [-0.25, -0.2) is 8.42 Å². The number of hydrogen-bond acceptors (Lipinski definition) is 4. The number of ether oxygens (including phenoxy) is 1. The van der Waals surface area contributed by atoms with E-state index in [1.807, 2.05) is 6.07 Å². The Bertz CT molecular complexity index is 1140. The molecular weight excluding hydrogens is 412 g/mol. The lowest BCUT2D eigenvalue weighted by molar-refractivity contribution is -0.122. The Morgan fingerprint density at radius 3 is 2.34 bits per heavy atom. The lowest BCUT2D eigenvalue weighted by atomic mass is 10.2. The normalized spacial score (nSPS) is 15.9. The van der Waals surface area contributed by atoms with Gasteiger partial charge in [-0.1, -0.05) is 48.0 Å². The number of rotatable bonds is 4. The van der Waals surface area contributed by atoms with Crippen LogP contribution in [0.25, 0.3) is 0 Å². The van der Waals surface area contributed by atoms with Crippen molar-refractivity contribution in [1.29, 1.82) is 0 Å². The topological polar surface area (TPSA) is 75.7 Å². The third-order valence-electron chi connectivity index (χ3n) is 4.46. The van der Waals surface area contributed by atoms with E-state index in [9.17, 15) is 13.2 Å². The highest BCUT2D eigenvalue weighted by Crippen LogP contribution is 2.39. The zero-order valence-corrected chi connectivity index (χ0v) is 16.7. The van der Waals surface area contributed by atoms with Crippen molar-refractivity contribution in [3.8, 4) is 5.75 Å². The van der Waals surface area contributed by atoms with Crippen molar-refractivity contribution < 1.29 is 17.9 Å².